The molecule has 19 heavy (non-hydrogen) atoms. The fraction of sp³-hybridized carbons (Fsp3) is 0.938. The summed E-state index contributed by atoms with van der Waals surface area (Å²) in [6, 6.07) is 0. The van der Waals surface area contributed by atoms with E-state index in [0.717, 1.165) is 25.7 Å². The minimum atomic E-state index is -1.27. The number of hydrogen-bond acceptors (Lipinski definition) is 3. The number of hydrogen-bond donors (Lipinski definition) is 1. The summed E-state index contributed by atoms with van der Waals surface area (Å²) in [5.74, 6) is 0.895. The molecule has 0 aromatic heterocycles. The van der Waals surface area contributed by atoms with Gasteiger partial charge >= 0.3 is 5.97 Å². The molecule has 3 atom stereocenters. The quantitative estimate of drug-likeness (QED) is 0.751. The zero-order valence-corrected chi connectivity index (χ0v) is 12.9. The van der Waals surface area contributed by atoms with Gasteiger partial charge in [0, 0.05) is 0 Å². The molecule has 0 heterocycles. The largest absolute Gasteiger partial charge is 0.464 e. The molecule has 0 radical (unpaired) electrons. The Hall–Kier alpha value is -0.570. The Kier molecular flexibility index (Phi) is 6.31. The second-order valence-corrected chi connectivity index (χ2v) is 6.26. The van der Waals surface area contributed by atoms with E-state index in [-0.39, 0.29) is 5.92 Å². The third-order valence-electron chi connectivity index (χ3n) is 4.59. The highest BCUT2D eigenvalue weighted by atomic mass is 16.5. The number of esters is 1. The van der Waals surface area contributed by atoms with Crippen LogP contribution in [-0.4, -0.2) is 23.3 Å². The first-order valence-electron chi connectivity index (χ1n) is 7.85. The van der Waals surface area contributed by atoms with Crippen molar-refractivity contribution in [2.45, 2.75) is 71.8 Å². The zero-order chi connectivity index (χ0) is 14.5. The first kappa shape index (κ1) is 16.5. The van der Waals surface area contributed by atoms with Crippen molar-refractivity contribution in [3.8, 4) is 0 Å². The van der Waals surface area contributed by atoms with Gasteiger partial charge in [-0.2, -0.15) is 0 Å². The number of aliphatic hydroxyl groups is 1. The van der Waals surface area contributed by atoms with Crippen LogP contribution < -0.4 is 0 Å². The van der Waals surface area contributed by atoms with E-state index >= 15 is 0 Å². The molecule has 3 unspecified atom stereocenters. The Balaban J connectivity index is 2.82. The summed E-state index contributed by atoms with van der Waals surface area (Å²) >= 11 is 0. The van der Waals surface area contributed by atoms with Crippen LogP contribution in [0.25, 0.3) is 0 Å². The normalized spacial score (nSPS) is 27.1. The summed E-state index contributed by atoms with van der Waals surface area (Å²) in [5.41, 5.74) is -1.27. The minimum absolute atomic E-state index is 0.0626. The smallest absolute Gasteiger partial charge is 0.338 e. The Bertz CT molecular complexity index is 288. The first-order valence-corrected chi connectivity index (χ1v) is 7.85. The summed E-state index contributed by atoms with van der Waals surface area (Å²) < 4.78 is 5.12. The highest BCUT2D eigenvalue weighted by Crippen LogP contribution is 2.41. The van der Waals surface area contributed by atoms with Gasteiger partial charge in [0.2, 0.25) is 0 Å². The van der Waals surface area contributed by atoms with E-state index in [1.165, 1.54) is 6.42 Å². The van der Waals surface area contributed by atoms with Crippen LogP contribution in [0.4, 0.5) is 0 Å². The fourth-order valence-corrected chi connectivity index (χ4v) is 3.38. The molecule has 1 rings (SSSR count). The Morgan fingerprint density at radius 3 is 2.58 bits per heavy atom. The van der Waals surface area contributed by atoms with Gasteiger partial charge in [0.15, 0.2) is 5.60 Å². The lowest BCUT2D eigenvalue weighted by atomic mass is 9.68. The van der Waals surface area contributed by atoms with Gasteiger partial charge in [0.25, 0.3) is 0 Å². The molecule has 0 amide bonds. The second-order valence-electron chi connectivity index (χ2n) is 6.26. The van der Waals surface area contributed by atoms with Crippen molar-refractivity contribution in [1.29, 1.82) is 0 Å². The van der Waals surface area contributed by atoms with Crippen molar-refractivity contribution in [3.63, 3.8) is 0 Å². The highest BCUT2D eigenvalue weighted by molar-refractivity contribution is 5.79. The molecular weight excluding hydrogens is 240 g/mol. The van der Waals surface area contributed by atoms with Crippen LogP contribution in [0, 0.1) is 17.8 Å². The average molecular weight is 270 g/mol. The Morgan fingerprint density at radius 1 is 1.37 bits per heavy atom. The monoisotopic (exact) mass is 270 g/mol. The molecule has 0 aromatic rings. The molecule has 1 aliphatic rings. The van der Waals surface area contributed by atoms with E-state index in [1.807, 2.05) is 6.92 Å². The Morgan fingerprint density at radius 2 is 2.05 bits per heavy atom. The summed E-state index contributed by atoms with van der Waals surface area (Å²) in [6.07, 6.45) is 5.54. The van der Waals surface area contributed by atoms with Crippen LogP contribution in [0.15, 0.2) is 0 Å². The van der Waals surface area contributed by atoms with Gasteiger partial charge in [0.05, 0.1) is 6.61 Å². The van der Waals surface area contributed by atoms with Crippen molar-refractivity contribution in [1.82, 2.24) is 0 Å². The molecule has 1 aliphatic carbocycles. The lowest BCUT2D eigenvalue weighted by molar-refractivity contribution is -0.175. The van der Waals surface area contributed by atoms with Crippen LogP contribution in [0.3, 0.4) is 0 Å². The molecule has 1 saturated carbocycles. The fourth-order valence-electron chi connectivity index (χ4n) is 3.38. The lowest BCUT2D eigenvalue weighted by Crippen LogP contribution is -2.49. The van der Waals surface area contributed by atoms with Gasteiger partial charge in [-0.1, -0.05) is 40.0 Å². The van der Waals surface area contributed by atoms with Crippen molar-refractivity contribution in [2.24, 2.45) is 17.8 Å². The maximum Gasteiger partial charge on any atom is 0.338 e. The number of ether oxygens (including phenoxy) is 1. The van der Waals surface area contributed by atoms with Gasteiger partial charge in [-0.3, -0.25) is 0 Å². The topological polar surface area (TPSA) is 46.5 Å². The van der Waals surface area contributed by atoms with Crippen LogP contribution in [-0.2, 0) is 9.53 Å². The van der Waals surface area contributed by atoms with Gasteiger partial charge in [0.1, 0.15) is 0 Å². The maximum atomic E-state index is 12.2. The number of rotatable bonds is 6. The van der Waals surface area contributed by atoms with E-state index in [0.29, 0.717) is 24.9 Å². The van der Waals surface area contributed by atoms with Crippen molar-refractivity contribution in [2.75, 3.05) is 6.61 Å². The van der Waals surface area contributed by atoms with Gasteiger partial charge < -0.3 is 9.84 Å². The third-order valence-corrected chi connectivity index (χ3v) is 4.59. The van der Waals surface area contributed by atoms with Gasteiger partial charge in [-0.05, 0) is 43.9 Å². The molecule has 1 N–H and O–H groups in total. The molecule has 0 bridgehead atoms. The number of carbonyl (C=O) groups excluding carboxylic acids is 1. The lowest BCUT2D eigenvalue weighted by Gasteiger charge is -2.40. The van der Waals surface area contributed by atoms with Crippen molar-refractivity contribution >= 4 is 5.97 Å². The minimum Gasteiger partial charge on any atom is -0.464 e. The van der Waals surface area contributed by atoms with Crippen LogP contribution in [0.5, 0.6) is 0 Å². The Labute approximate surface area is 117 Å². The summed E-state index contributed by atoms with van der Waals surface area (Å²) in [6.45, 7) is 8.60. The van der Waals surface area contributed by atoms with Crippen molar-refractivity contribution in [3.05, 3.63) is 0 Å². The van der Waals surface area contributed by atoms with E-state index in [2.05, 4.69) is 13.8 Å². The van der Waals surface area contributed by atoms with Crippen LogP contribution in [0.2, 0.25) is 0 Å². The average Bonchev–Trinajstić information content (AvgIpc) is 2.39. The first-order chi connectivity index (χ1) is 8.95. The maximum absolute atomic E-state index is 12.2. The zero-order valence-electron chi connectivity index (χ0n) is 12.9. The number of carbonyl (C=O) groups is 1. The standard InChI is InChI=1S/C16H30O3/c1-5-10-16(18,15(17)19-6-2)14-9-7-8-13(11-14)12(3)4/h12-14,18H,5-11H2,1-4H3. The van der Waals surface area contributed by atoms with E-state index in [1.54, 1.807) is 6.92 Å². The van der Waals surface area contributed by atoms with Gasteiger partial charge in [-0.15, -0.1) is 0 Å². The molecular formula is C16H30O3. The van der Waals surface area contributed by atoms with Crippen LogP contribution >= 0.6 is 0 Å². The van der Waals surface area contributed by atoms with Crippen molar-refractivity contribution < 1.29 is 14.6 Å². The van der Waals surface area contributed by atoms with E-state index < -0.39 is 11.6 Å². The molecule has 0 aromatic carbocycles. The molecule has 1 fully saturated rings. The summed E-state index contributed by atoms with van der Waals surface area (Å²) in [5, 5.41) is 10.9. The molecule has 0 spiro atoms. The van der Waals surface area contributed by atoms with E-state index in [9.17, 15) is 9.90 Å². The summed E-state index contributed by atoms with van der Waals surface area (Å²) in [4.78, 5) is 12.2. The predicted molar refractivity (Wildman–Crippen MR) is 76.8 cm³/mol. The SMILES string of the molecule is CCCC(O)(C(=O)OCC)C1CCCC(C(C)C)C1. The van der Waals surface area contributed by atoms with E-state index in [4.69, 9.17) is 4.74 Å². The molecule has 3 heteroatoms. The summed E-state index contributed by atoms with van der Waals surface area (Å²) in [7, 11) is 0. The highest BCUT2D eigenvalue weighted by Gasteiger charge is 2.46. The van der Waals surface area contributed by atoms with Gasteiger partial charge in [-0.25, -0.2) is 4.79 Å². The third kappa shape index (κ3) is 3.95. The van der Waals surface area contributed by atoms with Crippen LogP contribution in [0.1, 0.15) is 66.2 Å². The molecule has 0 saturated heterocycles. The molecule has 112 valence electrons. The second kappa shape index (κ2) is 7.28. The predicted octanol–water partition coefficient (Wildman–Crippen LogP) is 3.54. The molecule has 0 aliphatic heterocycles. The molecule has 3 nitrogen and oxygen atoms in total.